The van der Waals surface area contributed by atoms with E-state index in [0.717, 1.165) is 21.8 Å². The van der Waals surface area contributed by atoms with Crippen molar-refractivity contribution >= 4 is 45.6 Å². The number of benzene rings is 2. The maximum Gasteiger partial charge on any atom is 0.234 e. The minimum absolute atomic E-state index is 0.0929. The number of anilines is 5. The number of hydrogen-bond acceptors (Lipinski definition) is 8. The highest BCUT2D eigenvalue weighted by Gasteiger charge is 2.11. The van der Waals surface area contributed by atoms with Crippen LogP contribution in [0.15, 0.2) is 54.7 Å². The van der Waals surface area contributed by atoms with E-state index in [9.17, 15) is 4.79 Å². The Balaban J connectivity index is 1.39. The fourth-order valence-electron chi connectivity index (χ4n) is 2.90. The van der Waals surface area contributed by atoms with Gasteiger partial charge in [-0.05, 0) is 45.0 Å². The number of amides is 1. The average Bonchev–Trinajstić information content (AvgIpc) is 3.17. The Morgan fingerprint density at radius 3 is 2.06 bits per heavy atom. The summed E-state index contributed by atoms with van der Waals surface area (Å²) in [4.78, 5) is 30.6. The van der Waals surface area contributed by atoms with Gasteiger partial charge in [0.15, 0.2) is 5.13 Å². The molecule has 9 heteroatoms. The SMILES string of the molecule is Cc1ccc(NC(=O)Cc2cnc(Nc3nc(C)nc(Nc4ccc(C)cc4)n3)s2)cc1. The number of hydrogen-bond donors (Lipinski definition) is 3. The Bertz CT molecular complexity index is 1220. The number of aryl methyl sites for hydroxylation is 3. The van der Waals surface area contributed by atoms with Crippen LogP contribution in [0.5, 0.6) is 0 Å². The first-order chi connectivity index (χ1) is 15.4. The summed E-state index contributed by atoms with van der Waals surface area (Å²) in [6, 6.07) is 15.7. The van der Waals surface area contributed by atoms with Crippen molar-refractivity contribution in [2.24, 2.45) is 0 Å². The number of nitrogens with zero attached hydrogens (tertiary/aromatic N) is 4. The zero-order valence-corrected chi connectivity index (χ0v) is 18.8. The molecular weight excluding hydrogens is 422 g/mol. The molecule has 2 heterocycles. The standard InChI is InChI=1S/C23H23N7OS/c1-14-4-8-17(9-5-14)27-20(31)12-19-13-24-23(32-19)30-22-26-16(3)25-21(29-22)28-18-10-6-15(2)7-11-18/h4-11,13H,12H2,1-3H3,(H,27,31)(H2,24,25,26,28,29,30). The third-order valence-electron chi connectivity index (χ3n) is 4.50. The molecule has 1 amide bonds. The predicted molar refractivity (Wildman–Crippen MR) is 128 cm³/mol. The van der Waals surface area contributed by atoms with Crippen molar-refractivity contribution in [3.63, 3.8) is 0 Å². The van der Waals surface area contributed by atoms with Crippen molar-refractivity contribution in [2.75, 3.05) is 16.0 Å². The first-order valence-corrected chi connectivity index (χ1v) is 10.9. The molecule has 0 bridgehead atoms. The zero-order valence-electron chi connectivity index (χ0n) is 18.0. The van der Waals surface area contributed by atoms with Crippen molar-refractivity contribution in [1.29, 1.82) is 0 Å². The van der Waals surface area contributed by atoms with Crippen molar-refractivity contribution in [2.45, 2.75) is 27.2 Å². The van der Waals surface area contributed by atoms with Gasteiger partial charge in [0.2, 0.25) is 17.8 Å². The number of aromatic nitrogens is 4. The molecule has 0 aliphatic rings. The lowest BCUT2D eigenvalue weighted by Gasteiger charge is -2.08. The third kappa shape index (κ3) is 5.86. The molecular formula is C23H23N7OS. The summed E-state index contributed by atoms with van der Waals surface area (Å²) in [6.45, 7) is 5.84. The molecule has 0 spiro atoms. The van der Waals surface area contributed by atoms with Gasteiger partial charge in [-0.3, -0.25) is 10.1 Å². The molecule has 2 aromatic heterocycles. The summed E-state index contributed by atoms with van der Waals surface area (Å²) < 4.78 is 0. The molecule has 0 saturated heterocycles. The summed E-state index contributed by atoms with van der Waals surface area (Å²) in [5, 5.41) is 9.79. The van der Waals surface area contributed by atoms with Crippen LogP contribution in [0, 0.1) is 20.8 Å². The summed E-state index contributed by atoms with van der Waals surface area (Å²) in [6.07, 6.45) is 1.92. The highest BCUT2D eigenvalue weighted by atomic mass is 32.1. The summed E-state index contributed by atoms with van der Waals surface area (Å²) >= 11 is 1.38. The first kappa shape index (κ1) is 21.4. The van der Waals surface area contributed by atoms with E-state index >= 15 is 0 Å². The van der Waals surface area contributed by atoms with Crippen LogP contribution >= 0.6 is 11.3 Å². The number of nitrogens with one attached hydrogen (secondary N) is 3. The van der Waals surface area contributed by atoms with E-state index in [0.29, 0.717) is 22.9 Å². The molecule has 8 nitrogen and oxygen atoms in total. The summed E-state index contributed by atoms with van der Waals surface area (Å²) in [5.74, 6) is 1.31. The first-order valence-electron chi connectivity index (χ1n) is 10.1. The van der Waals surface area contributed by atoms with Gasteiger partial charge in [0.1, 0.15) is 5.82 Å². The van der Waals surface area contributed by atoms with Crippen LogP contribution in [0.4, 0.5) is 28.4 Å². The van der Waals surface area contributed by atoms with Gasteiger partial charge in [-0.2, -0.15) is 15.0 Å². The fourth-order valence-corrected chi connectivity index (χ4v) is 3.71. The van der Waals surface area contributed by atoms with Gasteiger partial charge in [-0.1, -0.05) is 35.4 Å². The lowest BCUT2D eigenvalue weighted by molar-refractivity contribution is -0.115. The monoisotopic (exact) mass is 445 g/mol. The second-order valence-electron chi connectivity index (χ2n) is 7.37. The zero-order chi connectivity index (χ0) is 22.5. The predicted octanol–water partition coefficient (Wildman–Crippen LogP) is 4.92. The lowest BCUT2D eigenvalue weighted by atomic mass is 10.2. The number of rotatable bonds is 7. The number of thiazole rings is 1. The number of carbonyl (C=O) groups is 1. The molecule has 162 valence electrons. The van der Waals surface area contributed by atoms with Gasteiger partial charge < -0.3 is 10.6 Å². The van der Waals surface area contributed by atoms with Gasteiger partial charge in [-0.15, -0.1) is 11.3 Å². The smallest absolute Gasteiger partial charge is 0.234 e. The van der Waals surface area contributed by atoms with Crippen LogP contribution in [0.1, 0.15) is 21.8 Å². The van der Waals surface area contributed by atoms with Crippen LogP contribution in [0.3, 0.4) is 0 Å². The number of carbonyl (C=O) groups excluding carboxylic acids is 1. The quantitative estimate of drug-likeness (QED) is 0.371. The Labute approximate surface area is 190 Å². The fraction of sp³-hybridized carbons (Fsp3) is 0.174. The Kier molecular flexibility index (Phi) is 6.37. The van der Waals surface area contributed by atoms with Gasteiger partial charge in [0.25, 0.3) is 0 Å². The molecule has 0 saturated carbocycles. The van der Waals surface area contributed by atoms with Crippen LogP contribution in [0.2, 0.25) is 0 Å². The lowest BCUT2D eigenvalue weighted by Crippen LogP contribution is -2.13. The molecule has 2 aromatic carbocycles. The van der Waals surface area contributed by atoms with Crippen molar-refractivity contribution in [3.05, 3.63) is 76.6 Å². The third-order valence-corrected chi connectivity index (χ3v) is 5.41. The van der Waals surface area contributed by atoms with Gasteiger partial charge in [0, 0.05) is 22.4 Å². The highest BCUT2D eigenvalue weighted by molar-refractivity contribution is 7.15. The highest BCUT2D eigenvalue weighted by Crippen LogP contribution is 2.23. The molecule has 3 N–H and O–H groups in total. The van der Waals surface area contributed by atoms with E-state index in [1.165, 1.54) is 16.9 Å². The van der Waals surface area contributed by atoms with Crippen molar-refractivity contribution in [1.82, 2.24) is 19.9 Å². The maximum atomic E-state index is 12.3. The van der Waals surface area contributed by atoms with Crippen LogP contribution in [-0.2, 0) is 11.2 Å². The van der Waals surface area contributed by atoms with Gasteiger partial charge >= 0.3 is 0 Å². The minimum atomic E-state index is -0.0929. The molecule has 0 radical (unpaired) electrons. The molecule has 4 aromatic rings. The van der Waals surface area contributed by atoms with Crippen LogP contribution in [-0.4, -0.2) is 25.8 Å². The Morgan fingerprint density at radius 1 is 0.812 bits per heavy atom. The molecule has 0 atom stereocenters. The second-order valence-corrected chi connectivity index (χ2v) is 8.48. The van der Waals surface area contributed by atoms with E-state index in [1.54, 1.807) is 13.1 Å². The largest absolute Gasteiger partial charge is 0.326 e. The molecule has 4 rings (SSSR count). The van der Waals surface area contributed by atoms with Gasteiger partial charge in [0.05, 0.1) is 6.42 Å². The summed E-state index contributed by atoms with van der Waals surface area (Å²) in [5.41, 5.74) is 3.99. The van der Waals surface area contributed by atoms with Crippen LogP contribution in [0.25, 0.3) is 0 Å². The molecule has 0 aliphatic heterocycles. The molecule has 32 heavy (non-hydrogen) atoms. The molecule has 0 aliphatic carbocycles. The van der Waals surface area contributed by atoms with E-state index < -0.39 is 0 Å². The van der Waals surface area contributed by atoms with E-state index in [-0.39, 0.29) is 12.3 Å². The molecule has 0 unspecified atom stereocenters. The topological polar surface area (TPSA) is 105 Å². The van der Waals surface area contributed by atoms with E-state index in [4.69, 9.17) is 0 Å². The average molecular weight is 446 g/mol. The van der Waals surface area contributed by atoms with E-state index in [2.05, 4.69) is 35.9 Å². The Morgan fingerprint density at radius 2 is 1.41 bits per heavy atom. The van der Waals surface area contributed by atoms with Crippen molar-refractivity contribution < 1.29 is 4.79 Å². The van der Waals surface area contributed by atoms with Gasteiger partial charge in [-0.25, -0.2) is 4.98 Å². The minimum Gasteiger partial charge on any atom is -0.326 e. The normalized spacial score (nSPS) is 10.6. The second kappa shape index (κ2) is 9.52. The van der Waals surface area contributed by atoms with Crippen molar-refractivity contribution in [3.8, 4) is 0 Å². The Hall–Kier alpha value is -3.85. The maximum absolute atomic E-state index is 12.3. The van der Waals surface area contributed by atoms with E-state index in [1.807, 2.05) is 62.4 Å². The summed E-state index contributed by atoms with van der Waals surface area (Å²) in [7, 11) is 0. The molecule has 0 fully saturated rings. The van der Waals surface area contributed by atoms with Crippen LogP contribution < -0.4 is 16.0 Å².